The molecular weight excluding hydrogens is 273 g/mol. The second-order valence-corrected chi connectivity index (χ2v) is 4.29. The topological polar surface area (TPSA) is 21.3 Å². The van der Waals surface area contributed by atoms with Crippen LogP contribution in [0.25, 0.3) is 0 Å². The monoisotopic (exact) mass is 289 g/mol. The third kappa shape index (κ3) is 4.49. The third-order valence-electron chi connectivity index (χ3n) is 2.11. The quantitative estimate of drug-likeness (QED) is 0.778. The number of halogens is 2. The van der Waals surface area contributed by atoms with Crippen LogP contribution in [0, 0.1) is 0 Å². The number of ether oxygens (including phenoxy) is 1. The van der Waals surface area contributed by atoms with Crippen molar-refractivity contribution in [2.24, 2.45) is 0 Å². The van der Waals surface area contributed by atoms with Crippen LogP contribution in [0.2, 0.25) is 0 Å². The van der Waals surface area contributed by atoms with Gasteiger partial charge in [-0.3, -0.25) is 4.39 Å². The summed E-state index contributed by atoms with van der Waals surface area (Å²) in [5.41, 5.74) is 1.20. The van der Waals surface area contributed by atoms with Crippen LogP contribution in [0.1, 0.15) is 18.9 Å². The maximum Gasteiger partial charge on any atom is 0.133 e. The van der Waals surface area contributed by atoms with Crippen molar-refractivity contribution in [1.82, 2.24) is 5.32 Å². The van der Waals surface area contributed by atoms with Gasteiger partial charge in [-0.2, -0.15) is 0 Å². The van der Waals surface area contributed by atoms with Crippen LogP contribution < -0.4 is 10.1 Å². The highest BCUT2D eigenvalue weighted by Gasteiger charge is 2.02. The van der Waals surface area contributed by atoms with Gasteiger partial charge in [-0.1, -0.05) is 13.0 Å². The van der Waals surface area contributed by atoms with E-state index in [9.17, 15) is 4.39 Å². The molecule has 0 unspecified atom stereocenters. The summed E-state index contributed by atoms with van der Waals surface area (Å²) >= 11 is 3.44. The molecule has 1 N–H and O–H groups in total. The molecule has 1 rings (SSSR count). The Morgan fingerprint density at radius 2 is 2.25 bits per heavy atom. The van der Waals surface area contributed by atoms with Gasteiger partial charge in [-0.15, -0.1) is 0 Å². The SMILES string of the molecule is CCNCc1ccc(OCCCF)c(Br)c1. The molecule has 90 valence electrons. The van der Waals surface area contributed by atoms with Crippen molar-refractivity contribution >= 4 is 15.9 Å². The molecule has 0 aliphatic rings. The van der Waals surface area contributed by atoms with E-state index in [1.54, 1.807) is 0 Å². The molecule has 0 amide bonds. The average Bonchev–Trinajstić information content (AvgIpc) is 2.29. The zero-order chi connectivity index (χ0) is 11.8. The molecule has 0 aliphatic carbocycles. The molecule has 0 saturated heterocycles. The van der Waals surface area contributed by atoms with Gasteiger partial charge in [-0.05, 0) is 40.2 Å². The summed E-state index contributed by atoms with van der Waals surface area (Å²) in [4.78, 5) is 0. The first-order chi connectivity index (χ1) is 7.77. The molecule has 0 heterocycles. The van der Waals surface area contributed by atoms with E-state index in [2.05, 4.69) is 28.2 Å². The molecule has 1 aromatic rings. The molecule has 0 saturated carbocycles. The van der Waals surface area contributed by atoms with Crippen molar-refractivity contribution in [1.29, 1.82) is 0 Å². The lowest BCUT2D eigenvalue weighted by molar-refractivity contribution is 0.288. The number of rotatable bonds is 7. The summed E-state index contributed by atoms with van der Waals surface area (Å²) in [6, 6.07) is 5.95. The zero-order valence-corrected chi connectivity index (χ0v) is 11.0. The summed E-state index contributed by atoms with van der Waals surface area (Å²) in [5.74, 6) is 0.772. The van der Waals surface area contributed by atoms with E-state index in [4.69, 9.17) is 4.74 Å². The molecule has 1 aromatic carbocycles. The van der Waals surface area contributed by atoms with Crippen LogP contribution in [0.4, 0.5) is 4.39 Å². The number of hydrogen-bond acceptors (Lipinski definition) is 2. The largest absolute Gasteiger partial charge is 0.492 e. The molecule has 0 atom stereocenters. The van der Waals surface area contributed by atoms with Crippen LogP contribution in [0.15, 0.2) is 22.7 Å². The lowest BCUT2D eigenvalue weighted by Gasteiger charge is -2.09. The standard InChI is InChI=1S/C12H17BrFNO/c1-2-15-9-10-4-5-12(11(13)8-10)16-7-3-6-14/h4-5,8,15H,2-3,6-7,9H2,1H3. The number of hydrogen-bond donors (Lipinski definition) is 1. The second kappa shape index (κ2) is 7.63. The van der Waals surface area contributed by atoms with Gasteiger partial charge >= 0.3 is 0 Å². The van der Waals surface area contributed by atoms with E-state index in [0.717, 1.165) is 23.3 Å². The Balaban J connectivity index is 2.53. The van der Waals surface area contributed by atoms with Crippen molar-refractivity contribution in [3.05, 3.63) is 28.2 Å². The van der Waals surface area contributed by atoms with E-state index in [0.29, 0.717) is 13.0 Å². The van der Waals surface area contributed by atoms with Gasteiger partial charge in [0.1, 0.15) is 5.75 Å². The van der Waals surface area contributed by atoms with Gasteiger partial charge in [0.2, 0.25) is 0 Å². The summed E-state index contributed by atoms with van der Waals surface area (Å²) in [5, 5.41) is 3.25. The van der Waals surface area contributed by atoms with Crippen LogP contribution >= 0.6 is 15.9 Å². The lowest BCUT2D eigenvalue weighted by atomic mass is 10.2. The third-order valence-corrected chi connectivity index (χ3v) is 2.73. The van der Waals surface area contributed by atoms with Gasteiger partial charge in [0.05, 0.1) is 17.8 Å². The zero-order valence-electron chi connectivity index (χ0n) is 9.43. The first-order valence-corrected chi connectivity index (χ1v) is 6.25. The number of alkyl halides is 1. The van der Waals surface area contributed by atoms with Gasteiger partial charge in [0, 0.05) is 13.0 Å². The van der Waals surface area contributed by atoms with Crippen LogP contribution in [0.3, 0.4) is 0 Å². The Hall–Kier alpha value is -0.610. The summed E-state index contributed by atoms with van der Waals surface area (Å²) in [6.07, 6.45) is 0.436. The smallest absolute Gasteiger partial charge is 0.133 e. The first kappa shape index (κ1) is 13.5. The summed E-state index contributed by atoms with van der Waals surface area (Å²) in [6.45, 7) is 3.95. The summed E-state index contributed by atoms with van der Waals surface area (Å²) < 4.78 is 18.2. The van der Waals surface area contributed by atoms with E-state index >= 15 is 0 Å². The van der Waals surface area contributed by atoms with Crippen molar-refractivity contribution in [3.8, 4) is 5.75 Å². The maximum absolute atomic E-state index is 11.9. The first-order valence-electron chi connectivity index (χ1n) is 5.45. The molecule has 0 spiro atoms. The fourth-order valence-electron chi connectivity index (χ4n) is 1.28. The molecule has 0 aromatic heterocycles. The average molecular weight is 290 g/mol. The van der Waals surface area contributed by atoms with Gasteiger partial charge < -0.3 is 10.1 Å². The molecule has 4 heteroatoms. The molecule has 16 heavy (non-hydrogen) atoms. The molecule has 0 bridgehead atoms. The molecule has 0 aliphatic heterocycles. The Morgan fingerprint density at radius 3 is 2.88 bits per heavy atom. The highest BCUT2D eigenvalue weighted by Crippen LogP contribution is 2.26. The lowest BCUT2D eigenvalue weighted by Crippen LogP contribution is -2.11. The molecular formula is C12H17BrFNO. The van der Waals surface area contributed by atoms with Crippen molar-refractivity contribution in [2.45, 2.75) is 19.9 Å². The van der Waals surface area contributed by atoms with E-state index in [-0.39, 0.29) is 6.67 Å². The van der Waals surface area contributed by atoms with Gasteiger partial charge in [-0.25, -0.2) is 0 Å². The fourth-order valence-corrected chi connectivity index (χ4v) is 1.82. The van der Waals surface area contributed by atoms with Crippen molar-refractivity contribution < 1.29 is 9.13 Å². The Bertz CT molecular complexity index is 320. The highest BCUT2D eigenvalue weighted by atomic mass is 79.9. The Labute approximate surface area is 104 Å². The highest BCUT2D eigenvalue weighted by molar-refractivity contribution is 9.10. The molecule has 2 nitrogen and oxygen atoms in total. The molecule has 0 fully saturated rings. The van der Waals surface area contributed by atoms with Crippen molar-refractivity contribution in [3.63, 3.8) is 0 Å². The van der Waals surface area contributed by atoms with Gasteiger partial charge in [0.15, 0.2) is 0 Å². The van der Waals surface area contributed by atoms with E-state index in [1.165, 1.54) is 5.56 Å². The maximum atomic E-state index is 11.9. The van der Waals surface area contributed by atoms with E-state index in [1.807, 2.05) is 18.2 Å². The Morgan fingerprint density at radius 1 is 1.44 bits per heavy atom. The number of nitrogens with one attached hydrogen (secondary N) is 1. The van der Waals surface area contributed by atoms with E-state index < -0.39 is 0 Å². The van der Waals surface area contributed by atoms with Crippen LogP contribution in [-0.2, 0) is 6.54 Å². The predicted octanol–water partition coefficient (Wildman–Crippen LogP) is 3.30. The Kier molecular flexibility index (Phi) is 6.42. The minimum Gasteiger partial charge on any atom is -0.492 e. The second-order valence-electron chi connectivity index (χ2n) is 3.44. The predicted molar refractivity (Wildman–Crippen MR) is 67.6 cm³/mol. The normalized spacial score (nSPS) is 10.4. The van der Waals surface area contributed by atoms with Crippen LogP contribution in [-0.4, -0.2) is 19.8 Å². The summed E-state index contributed by atoms with van der Waals surface area (Å²) in [7, 11) is 0. The molecule has 0 radical (unpaired) electrons. The van der Waals surface area contributed by atoms with Crippen molar-refractivity contribution in [2.75, 3.05) is 19.8 Å². The minimum absolute atomic E-state index is 0.337. The number of benzene rings is 1. The van der Waals surface area contributed by atoms with Crippen LogP contribution in [0.5, 0.6) is 5.75 Å². The fraction of sp³-hybridized carbons (Fsp3) is 0.500. The minimum atomic E-state index is -0.337. The van der Waals surface area contributed by atoms with Gasteiger partial charge in [0.25, 0.3) is 0 Å².